The molecule has 1 unspecified atom stereocenters. The molecule has 1 saturated heterocycles. The molecule has 2 nitrogen and oxygen atoms in total. The topological polar surface area (TPSA) is 15.3 Å². The van der Waals surface area contributed by atoms with Gasteiger partial charge in [-0.15, -0.1) is 0 Å². The van der Waals surface area contributed by atoms with Gasteiger partial charge in [0.25, 0.3) is 0 Å². The fourth-order valence-electron chi connectivity index (χ4n) is 2.10. The van der Waals surface area contributed by atoms with Crippen molar-refractivity contribution in [2.24, 2.45) is 0 Å². The summed E-state index contributed by atoms with van der Waals surface area (Å²) in [5.41, 5.74) is 0. The molecule has 5 heteroatoms. The average Bonchev–Trinajstić information content (AvgIpc) is 2.58. The number of nitrogens with one attached hydrogen (secondary N) is 1. The van der Waals surface area contributed by atoms with E-state index < -0.39 is 12.7 Å². The van der Waals surface area contributed by atoms with Crippen LogP contribution in [0.25, 0.3) is 0 Å². The van der Waals surface area contributed by atoms with Gasteiger partial charge in [0.2, 0.25) is 0 Å². The Morgan fingerprint density at radius 1 is 1.40 bits per heavy atom. The highest BCUT2D eigenvalue weighted by Gasteiger charge is 2.27. The molecule has 90 valence electrons. The van der Waals surface area contributed by atoms with Crippen molar-refractivity contribution in [3.8, 4) is 0 Å². The molecule has 1 heterocycles. The van der Waals surface area contributed by atoms with Gasteiger partial charge in [-0.3, -0.25) is 4.90 Å². The molecule has 1 N–H and O–H groups in total. The number of hydrogen-bond acceptors (Lipinski definition) is 2. The molecule has 0 aliphatic carbocycles. The highest BCUT2D eigenvalue weighted by atomic mass is 19.4. The van der Waals surface area contributed by atoms with Gasteiger partial charge in [-0.1, -0.05) is 6.92 Å². The van der Waals surface area contributed by atoms with Crippen molar-refractivity contribution in [3.05, 3.63) is 0 Å². The van der Waals surface area contributed by atoms with Gasteiger partial charge in [0.15, 0.2) is 0 Å². The lowest BCUT2D eigenvalue weighted by atomic mass is 10.2. The molecule has 0 amide bonds. The first-order chi connectivity index (χ1) is 7.03. The first kappa shape index (κ1) is 12.8. The Morgan fingerprint density at radius 3 is 2.73 bits per heavy atom. The normalized spacial score (nSPS) is 23.6. The molecule has 0 bridgehead atoms. The summed E-state index contributed by atoms with van der Waals surface area (Å²) < 4.78 is 35.5. The molecular formula is C10H19F3N2. The zero-order valence-corrected chi connectivity index (χ0v) is 9.11. The van der Waals surface area contributed by atoms with Crippen LogP contribution in [-0.4, -0.2) is 43.3 Å². The molecule has 0 aromatic rings. The summed E-state index contributed by atoms with van der Waals surface area (Å²) in [5, 5.41) is 2.43. The number of hydrogen-bond donors (Lipinski definition) is 1. The van der Waals surface area contributed by atoms with Crippen molar-refractivity contribution in [2.75, 3.05) is 26.2 Å². The van der Waals surface area contributed by atoms with Gasteiger partial charge in [-0.25, -0.2) is 0 Å². The molecule has 1 atom stereocenters. The van der Waals surface area contributed by atoms with Crippen molar-refractivity contribution in [1.82, 2.24) is 10.2 Å². The predicted molar refractivity (Wildman–Crippen MR) is 53.8 cm³/mol. The third-order valence-electron chi connectivity index (χ3n) is 2.87. The Hall–Kier alpha value is -0.290. The second-order valence-corrected chi connectivity index (χ2v) is 4.03. The molecular weight excluding hydrogens is 205 g/mol. The van der Waals surface area contributed by atoms with Gasteiger partial charge in [-0.2, -0.15) is 13.2 Å². The van der Waals surface area contributed by atoms with E-state index >= 15 is 0 Å². The van der Waals surface area contributed by atoms with E-state index in [0.717, 1.165) is 19.5 Å². The van der Waals surface area contributed by atoms with Crippen molar-refractivity contribution in [2.45, 2.75) is 38.4 Å². The quantitative estimate of drug-likeness (QED) is 0.719. The second kappa shape index (κ2) is 5.70. The SMILES string of the molecule is CCC1CCCN1CCNCC(F)(F)F. The molecule has 0 aromatic heterocycles. The van der Waals surface area contributed by atoms with Crippen LogP contribution in [0, 0.1) is 0 Å². The van der Waals surface area contributed by atoms with Crippen LogP contribution in [-0.2, 0) is 0 Å². The second-order valence-electron chi connectivity index (χ2n) is 4.03. The van der Waals surface area contributed by atoms with Crippen LogP contribution in [0.1, 0.15) is 26.2 Å². The van der Waals surface area contributed by atoms with E-state index in [0.29, 0.717) is 12.6 Å². The van der Waals surface area contributed by atoms with E-state index in [4.69, 9.17) is 0 Å². The van der Waals surface area contributed by atoms with Crippen LogP contribution in [0.15, 0.2) is 0 Å². The predicted octanol–water partition coefficient (Wildman–Crippen LogP) is 2.01. The number of halogens is 3. The van der Waals surface area contributed by atoms with Crippen LogP contribution in [0.5, 0.6) is 0 Å². The maximum atomic E-state index is 11.8. The maximum Gasteiger partial charge on any atom is 0.401 e. The minimum absolute atomic E-state index is 0.427. The minimum Gasteiger partial charge on any atom is -0.307 e. The van der Waals surface area contributed by atoms with Gasteiger partial charge in [0, 0.05) is 19.1 Å². The summed E-state index contributed by atoms with van der Waals surface area (Å²) in [7, 11) is 0. The number of alkyl halides is 3. The van der Waals surface area contributed by atoms with Crippen LogP contribution >= 0.6 is 0 Å². The highest BCUT2D eigenvalue weighted by Crippen LogP contribution is 2.18. The maximum absolute atomic E-state index is 11.8. The molecule has 1 aliphatic rings. The summed E-state index contributed by atoms with van der Waals surface area (Å²) in [6.07, 6.45) is -0.623. The van der Waals surface area contributed by atoms with Gasteiger partial charge in [-0.05, 0) is 25.8 Å². The van der Waals surface area contributed by atoms with Gasteiger partial charge in [0.05, 0.1) is 6.54 Å². The largest absolute Gasteiger partial charge is 0.401 e. The third kappa shape index (κ3) is 4.84. The smallest absolute Gasteiger partial charge is 0.307 e. The molecule has 0 spiro atoms. The molecule has 1 rings (SSSR count). The first-order valence-electron chi connectivity index (χ1n) is 5.54. The van der Waals surface area contributed by atoms with E-state index in [2.05, 4.69) is 17.1 Å². The number of likely N-dealkylation sites (tertiary alicyclic amines) is 1. The van der Waals surface area contributed by atoms with E-state index in [1.165, 1.54) is 12.8 Å². The fraction of sp³-hybridized carbons (Fsp3) is 1.00. The Balaban J connectivity index is 2.09. The summed E-state index contributed by atoms with van der Waals surface area (Å²) in [6, 6.07) is 0.581. The Bertz CT molecular complexity index is 182. The van der Waals surface area contributed by atoms with E-state index in [9.17, 15) is 13.2 Å². The van der Waals surface area contributed by atoms with E-state index in [1.54, 1.807) is 0 Å². The monoisotopic (exact) mass is 224 g/mol. The minimum atomic E-state index is -4.09. The van der Waals surface area contributed by atoms with Gasteiger partial charge >= 0.3 is 6.18 Å². The summed E-state index contributed by atoms with van der Waals surface area (Å²) >= 11 is 0. The van der Waals surface area contributed by atoms with Crippen LogP contribution in [0.2, 0.25) is 0 Å². The lowest BCUT2D eigenvalue weighted by molar-refractivity contribution is -0.124. The van der Waals surface area contributed by atoms with Crippen molar-refractivity contribution in [3.63, 3.8) is 0 Å². The lowest BCUT2D eigenvalue weighted by Crippen LogP contribution is -2.38. The highest BCUT2D eigenvalue weighted by molar-refractivity contribution is 4.78. The zero-order chi connectivity index (χ0) is 11.3. The van der Waals surface area contributed by atoms with E-state index in [1.807, 2.05) is 0 Å². The van der Waals surface area contributed by atoms with Crippen LogP contribution in [0.4, 0.5) is 13.2 Å². The molecule has 0 radical (unpaired) electrons. The third-order valence-corrected chi connectivity index (χ3v) is 2.87. The first-order valence-corrected chi connectivity index (χ1v) is 5.54. The van der Waals surface area contributed by atoms with E-state index in [-0.39, 0.29) is 0 Å². The lowest BCUT2D eigenvalue weighted by Gasteiger charge is -2.23. The Labute approximate surface area is 88.8 Å². The van der Waals surface area contributed by atoms with Crippen molar-refractivity contribution in [1.29, 1.82) is 0 Å². The zero-order valence-electron chi connectivity index (χ0n) is 9.11. The fourth-order valence-corrected chi connectivity index (χ4v) is 2.10. The van der Waals surface area contributed by atoms with Crippen LogP contribution in [0.3, 0.4) is 0 Å². The molecule has 1 fully saturated rings. The molecule has 0 saturated carbocycles. The Morgan fingerprint density at radius 2 is 2.13 bits per heavy atom. The van der Waals surface area contributed by atoms with Crippen molar-refractivity contribution >= 4 is 0 Å². The van der Waals surface area contributed by atoms with Gasteiger partial charge < -0.3 is 5.32 Å². The molecule has 15 heavy (non-hydrogen) atoms. The average molecular weight is 224 g/mol. The molecule has 0 aromatic carbocycles. The van der Waals surface area contributed by atoms with Crippen LogP contribution < -0.4 is 5.32 Å². The summed E-state index contributed by atoms with van der Waals surface area (Å²) in [6.45, 7) is 3.45. The summed E-state index contributed by atoms with van der Waals surface area (Å²) in [4.78, 5) is 2.28. The number of nitrogens with zero attached hydrogens (tertiary/aromatic N) is 1. The van der Waals surface area contributed by atoms with Gasteiger partial charge in [0.1, 0.15) is 0 Å². The molecule has 1 aliphatic heterocycles. The summed E-state index contributed by atoms with van der Waals surface area (Å²) in [5.74, 6) is 0. The Kier molecular flexibility index (Phi) is 4.86. The number of rotatable bonds is 5. The van der Waals surface area contributed by atoms with Crippen molar-refractivity contribution < 1.29 is 13.2 Å². The standard InChI is InChI=1S/C10H19F3N2/c1-2-9-4-3-6-15(9)7-5-14-8-10(11,12)13/h9,14H,2-8H2,1H3.